The van der Waals surface area contributed by atoms with Crippen molar-refractivity contribution in [3.63, 3.8) is 0 Å². The Kier molecular flexibility index (Phi) is 5.49. The van der Waals surface area contributed by atoms with E-state index in [0.717, 1.165) is 18.4 Å². The Balaban J connectivity index is 2.22. The quantitative estimate of drug-likeness (QED) is 0.708. The van der Waals surface area contributed by atoms with Gasteiger partial charge in [0.25, 0.3) is 0 Å². The van der Waals surface area contributed by atoms with Crippen LogP contribution in [-0.4, -0.2) is 31.1 Å². The molecule has 1 saturated heterocycles. The van der Waals surface area contributed by atoms with Crippen LogP contribution in [0.4, 0.5) is 0 Å². The van der Waals surface area contributed by atoms with Gasteiger partial charge in [-0.1, -0.05) is 26.7 Å². The summed E-state index contributed by atoms with van der Waals surface area (Å²) in [5.41, 5.74) is 5.78. The number of likely N-dealkylation sites (tertiary alicyclic amines) is 1. The van der Waals surface area contributed by atoms with E-state index in [4.69, 9.17) is 5.73 Å². The molecule has 0 saturated carbocycles. The van der Waals surface area contributed by atoms with E-state index in [1.807, 2.05) is 0 Å². The summed E-state index contributed by atoms with van der Waals surface area (Å²) >= 11 is 0. The molecule has 1 heterocycles. The van der Waals surface area contributed by atoms with E-state index in [1.54, 1.807) is 0 Å². The Morgan fingerprint density at radius 3 is 2.71 bits per heavy atom. The van der Waals surface area contributed by atoms with Crippen LogP contribution in [0.15, 0.2) is 0 Å². The van der Waals surface area contributed by atoms with Crippen LogP contribution in [0.2, 0.25) is 0 Å². The zero-order valence-corrected chi connectivity index (χ0v) is 9.84. The molecule has 0 radical (unpaired) electrons. The predicted octanol–water partition coefficient (Wildman–Crippen LogP) is 2.09. The van der Waals surface area contributed by atoms with E-state index in [9.17, 15) is 0 Å². The number of hydrogen-bond acceptors (Lipinski definition) is 2. The van der Waals surface area contributed by atoms with E-state index in [2.05, 4.69) is 18.7 Å². The third kappa shape index (κ3) is 3.58. The number of nitrogens with two attached hydrogens (primary N) is 1. The van der Waals surface area contributed by atoms with Crippen LogP contribution < -0.4 is 5.73 Å². The molecule has 0 bridgehead atoms. The van der Waals surface area contributed by atoms with Gasteiger partial charge < -0.3 is 10.6 Å². The molecule has 0 aromatic rings. The molecule has 1 fully saturated rings. The lowest BCUT2D eigenvalue weighted by atomic mass is 10.0. The molecule has 1 rings (SSSR count). The first-order valence-corrected chi connectivity index (χ1v) is 6.22. The number of rotatable bonds is 6. The average Bonchev–Trinajstić information content (AvgIpc) is 2.65. The second kappa shape index (κ2) is 6.41. The molecule has 2 heteroatoms. The molecule has 0 aromatic carbocycles. The van der Waals surface area contributed by atoms with E-state index < -0.39 is 0 Å². The molecular formula is C12H26N2. The highest BCUT2D eigenvalue weighted by molar-refractivity contribution is 4.76. The Hall–Kier alpha value is -0.0800. The predicted molar refractivity (Wildman–Crippen MR) is 62.3 cm³/mol. The summed E-state index contributed by atoms with van der Waals surface area (Å²) in [6.45, 7) is 9.28. The summed E-state index contributed by atoms with van der Waals surface area (Å²) in [6.07, 6.45) is 5.31. The minimum atomic E-state index is 0.732. The van der Waals surface area contributed by atoms with E-state index in [0.29, 0.717) is 0 Å². The highest BCUT2D eigenvalue weighted by Gasteiger charge is 2.22. The molecule has 0 spiro atoms. The largest absolute Gasteiger partial charge is 0.330 e. The maximum absolute atomic E-state index is 5.78. The van der Waals surface area contributed by atoms with Gasteiger partial charge in [0.15, 0.2) is 0 Å². The van der Waals surface area contributed by atoms with Crippen molar-refractivity contribution >= 4 is 0 Å². The summed E-state index contributed by atoms with van der Waals surface area (Å²) in [7, 11) is 0. The molecule has 2 N–H and O–H groups in total. The Bertz CT molecular complexity index is 147. The van der Waals surface area contributed by atoms with Gasteiger partial charge in [-0.3, -0.25) is 0 Å². The smallest absolute Gasteiger partial charge is 0.00218 e. The topological polar surface area (TPSA) is 29.3 Å². The molecule has 14 heavy (non-hydrogen) atoms. The minimum absolute atomic E-state index is 0.732. The number of nitrogens with zero attached hydrogens (tertiary/aromatic N) is 1. The van der Waals surface area contributed by atoms with Gasteiger partial charge >= 0.3 is 0 Å². The van der Waals surface area contributed by atoms with Gasteiger partial charge in [-0.25, -0.2) is 0 Å². The summed E-state index contributed by atoms with van der Waals surface area (Å²) in [4.78, 5) is 2.61. The molecule has 2 unspecified atom stereocenters. The molecule has 84 valence electrons. The van der Waals surface area contributed by atoms with Crippen LogP contribution in [0.3, 0.4) is 0 Å². The van der Waals surface area contributed by atoms with Crippen molar-refractivity contribution in [2.45, 2.75) is 39.5 Å². The van der Waals surface area contributed by atoms with Crippen molar-refractivity contribution < 1.29 is 0 Å². The first-order chi connectivity index (χ1) is 6.80. The van der Waals surface area contributed by atoms with Crippen molar-refractivity contribution in [1.29, 1.82) is 0 Å². The molecule has 2 atom stereocenters. The van der Waals surface area contributed by atoms with E-state index in [-0.39, 0.29) is 0 Å². The van der Waals surface area contributed by atoms with Crippen molar-refractivity contribution in [3.05, 3.63) is 0 Å². The third-order valence-corrected chi connectivity index (χ3v) is 3.49. The first kappa shape index (κ1) is 12.0. The van der Waals surface area contributed by atoms with Crippen LogP contribution in [0, 0.1) is 11.8 Å². The molecule has 0 amide bonds. The van der Waals surface area contributed by atoms with Gasteiger partial charge in [0.1, 0.15) is 0 Å². The zero-order valence-electron chi connectivity index (χ0n) is 9.84. The molecule has 0 aliphatic carbocycles. The first-order valence-electron chi connectivity index (χ1n) is 6.22. The summed E-state index contributed by atoms with van der Waals surface area (Å²) in [5, 5.41) is 0. The van der Waals surface area contributed by atoms with Crippen molar-refractivity contribution in [3.8, 4) is 0 Å². The lowest BCUT2D eigenvalue weighted by Crippen LogP contribution is -2.31. The Labute approximate surface area is 88.8 Å². The monoisotopic (exact) mass is 198 g/mol. The average molecular weight is 198 g/mol. The second-order valence-corrected chi connectivity index (χ2v) is 4.71. The van der Waals surface area contributed by atoms with Gasteiger partial charge in [-0.2, -0.15) is 0 Å². The van der Waals surface area contributed by atoms with Gasteiger partial charge in [0, 0.05) is 13.1 Å². The summed E-state index contributed by atoms with van der Waals surface area (Å²) in [6, 6.07) is 0. The SMILES string of the molecule is CCCC(CN)CN1CCC(CC)C1. The highest BCUT2D eigenvalue weighted by Crippen LogP contribution is 2.20. The van der Waals surface area contributed by atoms with E-state index in [1.165, 1.54) is 45.3 Å². The molecular weight excluding hydrogens is 172 g/mol. The van der Waals surface area contributed by atoms with Gasteiger partial charge in [0.05, 0.1) is 0 Å². The standard InChI is InChI=1S/C12H26N2/c1-3-5-12(8-13)10-14-7-6-11(4-2)9-14/h11-12H,3-10,13H2,1-2H3. The maximum Gasteiger partial charge on any atom is 0.00218 e. The van der Waals surface area contributed by atoms with Gasteiger partial charge in [-0.15, -0.1) is 0 Å². The second-order valence-electron chi connectivity index (χ2n) is 4.71. The van der Waals surface area contributed by atoms with E-state index >= 15 is 0 Å². The molecule has 1 aliphatic heterocycles. The summed E-state index contributed by atoms with van der Waals surface area (Å²) in [5.74, 6) is 1.69. The van der Waals surface area contributed by atoms with Crippen LogP contribution in [0.25, 0.3) is 0 Å². The molecule has 0 aromatic heterocycles. The maximum atomic E-state index is 5.78. The lowest BCUT2D eigenvalue weighted by Gasteiger charge is -2.22. The van der Waals surface area contributed by atoms with Crippen LogP contribution in [0.5, 0.6) is 0 Å². The molecule has 1 aliphatic rings. The minimum Gasteiger partial charge on any atom is -0.330 e. The fraction of sp³-hybridized carbons (Fsp3) is 1.00. The third-order valence-electron chi connectivity index (χ3n) is 3.49. The number of hydrogen-bond donors (Lipinski definition) is 1. The van der Waals surface area contributed by atoms with Gasteiger partial charge in [-0.05, 0) is 37.8 Å². The fourth-order valence-electron chi connectivity index (χ4n) is 2.47. The Morgan fingerprint density at radius 2 is 2.21 bits per heavy atom. The van der Waals surface area contributed by atoms with Gasteiger partial charge in [0.2, 0.25) is 0 Å². The van der Waals surface area contributed by atoms with Crippen LogP contribution >= 0.6 is 0 Å². The zero-order chi connectivity index (χ0) is 10.4. The highest BCUT2D eigenvalue weighted by atomic mass is 15.1. The van der Waals surface area contributed by atoms with Crippen molar-refractivity contribution in [2.75, 3.05) is 26.2 Å². The van der Waals surface area contributed by atoms with Crippen LogP contribution in [0.1, 0.15) is 39.5 Å². The fourth-order valence-corrected chi connectivity index (χ4v) is 2.47. The summed E-state index contributed by atoms with van der Waals surface area (Å²) < 4.78 is 0. The van der Waals surface area contributed by atoms with Crippen LogP contribution in [-0.2, 0) is 0 Å². The van der Waals surface area contributed by atoms with Crippen molar-refractivity contribution in [1.82, 2.24) is 4.90 Å². The van der Waals surface area contributed by atoms with Crippen molar-refractivity contribution in [2.24, 2.45) is 17.6 Å². The lowest BCUT2D eigenvalue weighted by molar-refractivity contribution is 0.261. The molecule has 2 nitrogen and oxygen atoms in total. The normalized spacial score (nSPS) is 25.5. The Morgan fingerprint density at radius 1 is 1.43 bits per heavy atom.